The first-order chi connectivity index (χ1) is 6.74. The van der Waals surface area contributed by atoms with E-state index in [0.29, 0.717) is 0 Å². The molecular formula is C11H11IOS. The van der Waals surface area contributed by atoms with Crippen LogP contribution < -0.4 is 0 Å². The van der Waals surface area contributed by atoms with Crippen molar-refractivity contribution in [1.82, 2.24) is 0 Å². The molecule has 74 valence electrons. The van der Waals surface area contributed by atoms with Crippen LogP contribution in [-0.4, -0.2) is 5.11 Å². The lowest BCUT2D eigenvalue weighted by Gasteiger charge is -1.99. The summed E-state index contributed by atoms with van der Waals surface area (Å²) in [5, 5.41) is 10.5. The van der Waals surface area contributed by atoms with Gasteiger partial charge in [0.15, 0.2) is 0 Å². The summed E-state index contributed by atoms with van der Waals surface area (Å²) in [4.78, 5) is 1.39. The van der Waals surface area contributed by atoms with Crippen molar-refractivity contribution in [3.63, 3.8) is 0 Å². The number of aryl methyl sites for hydroxylation is 1. The van der Waals surface area contributed by atoms with Crippen molar-refractivity contribution < 1.29 is 5.11 Å². The second-order valence-electron chi connectivity index (χ2n) is 3.20. The van der Waals surface area contributed by atoms with Gasteiger partial charge >= 0.3 is 0 Å². The summed E-state index contributed by atoms with van der Waals surface area (Å²) in [6.07, 6.45) is 1.07. The van der Waals surface area contributed by atoms with E-state index in [9.17, 15) is 5.11 Å². The molecule has 1 N–H and O–H groups in total. The monoisotopic (exact) mass is 318 g/mol. The van der Waals surface area contributed by atoms with Crippen LogP contribution in [0, 0.1) is 3.57 Å². The Kier molecular flexibility index (Phi) is 3.09. The molecule has 0 unspecified atom stereocenters. The number of aliphatic hydroxyl groups is 1. The Balaban J connectivity index is 2.71. The largest absolute Gasteiger partial charge is 0.392 e. The molecule has 1 heterocycles. The molecule has 0 aliphatic heterocycles. The Morgan fingerprint density at radius 1 is 1.36 bits per heavy atom. The maximum atomic E-state index is 9.24. The second-order valence-corrected chi connectivity index (χ2v) is 5.62. The van der Waals surface area contributed by atoms with Crippen LogP contribution in [0.1, 0.15) is 17.4 Å². The molecular weight excluding hydrogens is 307 g/mol. The molecule has 0 aliphatic carbocycles. The third-order valence-corrected chi connectivity index (χ3v) is 4.11. The molecule has 0 bridgehead atoms. The molecule has 1 aromatic heterocycles. The van der Waals surface area contributed by atoms with Gasteiger partial charge in [-0.05, 0) is 58.2 Å². The smallest absolute Gasteiger partial charge is 0.0688 e. The van der Waals surface area contributed by atoms with Crippen LogP contribution in [-0.2, 0) is 13.0 Å². The summed E-state index contributed by atoms with van der Waals surface area (Å²) in [5.74, 6) is 0. The minimum absolute atomic E-state index is 0.132. The molecule has 3 heteroatoms. The lowest BCUT2D eigenvalue weighted by Crippen LogP contribution is -1.84. The van der Waals surface area contributed by atoms with E-state index in [1.165, 1.54) is 18.5 Å². The van der Waals surface area contributed by atoms with Crippen LogP contribution in [0.2, 0.25) is 0 Å². The van der Waals surface area contributed by atoms with Crippen molar-refractivity contribution in [2.24, 2.45) is 0 Å². The molecule has 2 aromatic rings. The molecule has 14 heavy (non-hydrogen) atoms. The standard InChI is InChI=1S/C11H11IOS/c1-2-9-5-10-7(6-13)3-8(12)4-11(10)14-9/h3-5,13H,2,6H2,1H3. The third kappa shape index (κ3) is 1.81. The fourth-order valence-corrected chi connectivity index (χ4v) is 3.52. The molecule has 0 spiro atoms. The Morgan fingerprint density at radius 2 is 2.14 bits per heavy atom. The zero-order valence-electron chi connectivity index (χ0n) is 7.88. The molecule has 1 aromatic carbocycles. The number of thiophene rings is 1. The topological polar surface area (TPSA) is 20.2 Å². The van der Waals surface area contributed by atoms with E-state index < -0.39 is 0 Å². The van der Waals surface area contributed by atoms with Gasteiger partial charge in [0.25, 0.3) is 0 Å². The van der Waals surface area contributed by atoms with Gasteiger partial charge in [-0.3, -0.25) is 0 Å². The van der Waals surface area contributed by atoms with Gasteiger partial charge in [0, 0.05) is 13.1 Å². The van der Waals surface area contributed by atoms with Crippen LogP contribution in [0.15, 0.2) is 18.2 Å². The van der Waals surface area contributed by atoms with Crippen LogP contribution in [0.25, 0.3) is 10.1 Å². The normalized spacial score (nSPS) is 11.1. The van der Waals surface area contributed by atoms with E-state index in [4.69, 9.17) is 0 Å². The van der Waals surface area contributed by atoms with Crippen molar-refractivity contribution in [1.29, 1.82) is 0 Å². The number of halogens is 1. The number of benzene rings is 1. The minimum Gasteiger partial charge on any atom is -0.392 e. The third-order valence-electron chi connectivity index (χ3n) is 2.26. The van der Waals surface area contributed by atoms with Crippen LogP contribution >= 0.6 is 33.9 Å². The van der Waals surface area contributed by atoms with Gasteiger partial charge in [-0.1, -0.05) is 6.92 Å². The highest BCUT2D eigenvalue weighted by molar-refractivity contribution is 14.1. The van der Waals surface area contributed by atoms with Crippen LogP contribution in [0.5, 0.6) is 0 Å². The average molecular weight is 318 g/mol. The van der Waals surface area contributed by atoms with Gasteiger partial charge in [0.1, 0.15) is 0 Å². The lowest BCUT2D eigenvalue weighted by molar-refractivity contribution is 0.283. The zero-order chi connectivity index (χ0) is 10.1. The SMILES string of the molecule is CCc1cc2c(CO)cc(I)cc2s1. The minimum atomic E-state index is 0.132. The van der Waals surface area contributed by atoms with Crippen LogP contribution in [0.3, 0.4) is 0 Å². The quantitative estimate of drug-likeness (QED) is 0.840. The predicted octanol–water partition coefficient (Wildman–Crippen LogP) is 3.56. The molecule has 0 radical (unpaired) electrons. The molecule has 0 saturated carbocycles. The highest BCUT2D eigenvalue weighted by Crippen LogP contribution is 2.30. The van der Waals surface area contributed by atoms with Gasteiger partial charge in [0.05, 0.1) is 6.61 Å². The van der Waals surface area contributed by atoms with Crippen LogP contribution in [0.4, 0.5) is 0 Å². The molecule has 0 atom stereocenters. The van der Waals surface area contributed by atoms with Crippen molar-refractivity contribution >= 4 is 44.0 Å². The van der Waals surface area contributed by atoms with E-state index in [0.717, 1.165) is 12.0 Å². The number of rotatable bonds is 2. The summed E-state index contributed by atoms with van der Waals surface area (Å²) in [6, 6.07) is 6.43. The second kappa shape index (κ2) is 4.16. The maximum absolute atomic E-state index is 9.24. The highest BCUT2D eigenvalue weighted by atomic mass is 127. The summed E-state index contributed by atoms with van der Waals surface area (Å²) < 4.78 is 2.49. The van der Waals surface area contributed by atoms with Gasteiger partial charge in [0.2, 0.25) is 0 Å². The number of fused-ring (bicyclic) bond motifs is 1. The summed E-state index contributed by atoms with van der Waals surface area (Å²) >= 11 is 4.12. The van der Waals surface area contributed by atoms with E-state index >= 15 is 0 Å². The Bertz CT molecular complexity index is 462. The molecule has 0 saturated heterocycles. The van der Waals surface area contributed by atoms with Gasteiger partial charge in [-0.25, -0.2) is 0 Å². The Labute approximate surface area is 101 Å². The van der Waals surface area contributed by atoms with Gasteiger partial charge in [-0.15, -0.1) is 11.3 Å². The van der Waals surface area contributed by atoms with E-state index in [2.05, 4.69) is 47.7 Å². The van der Waals surface area contributed by atoms with Gasteiger partial charge < -0.3 is 5.11 Å². The fraction of sp³-hybridized carbons (Fsp3) is 0.273. The molecule has 0 amide bonds. The summed E-state index contributed by atoms with van der Waals surface area (Å²) in [6.45, 7) is 2.29. The maximum Gasteiger partial charge on any atom is 0.0688 e. The van der Waals surface area contributed by atoms with Crippen molar-refractivity contribution in [3.05, 3.63) is 32.2 Å². The van der Waals surface area contributed by atoms with Crippen molar-refractivity contribution in [3.8, 4) is 0 Å². The molecule has 0 aliphatic rings. The molecule has 0 fully saturated rings. The highest BCUT2D eigenvalue weighted by Gasteiger charge is 2.06. The summed E-state index contributed by atoms with van der Waals surface area (Å²) in [5.41, 5.74) is 1.04. The average Bonchev–Trinajstić information content (AvgIpc) is 2.59. The number of aliphatic hydroxyl groups excluding tert-OH is 1. The van der Waals surface area contributed by atoms with Crippen molar-refractivity contribution in [2.75, 3.05) is 0 Å². The van der Waals surface area contributed by atoms with Gasteiger partial charge in [-0.2, -0.15) is 0 Å². The lowest BCUT2D eigenvalue weighted by atomic mass is 10.1. The first kappa shape index (κ1) is 10.4. The predicted molar refractivity (Wildman–Crippen MR) is 69.8 cm³/mol. The van der Waals surface area contributed by atoms with E-state index in [1.807, 2.05) is 11.3 Å². The Hall–Kier alpha value is -0.130. The first-order valence-electron chi connectivity index (χ1n) is 4.56. The number of hydrogen-bond donors (Lipinski definition) is 1. The number of hydrogen-bond acceptors (Lipinski definition) is 2. The van der Waals surface area contributed by atoms with E-state index in [-0.39, 0.29) is 6.61 Å². The summed E-state index contributed by atoms with van der Waals surface area (Å²) in [7, 11) is 0. The molecule has 2 rings (SSSR count). The van der Waals surface area contributed by atoms with Crippen molar-refractivity contribution in [2.45, 2.75) is 20.0 Å². The Morgan fingerprint density at radius 3 is 2.79 bits per heavy atom. The molecule has 1 nitrogen and oxygen atoms in total. The zero-order valence-corrected chi connectivity index (χ0v) is 10.9. The fourth-order valence-electron chi connectivity index (χ4n) is 1.53. The van der Waals surface area contributed by atoms with E-state index in [1.54, 1.807) is 0 Å². The first-order valence-corrected chi connectivity index (χ1v) is 6.45.